The molecular formula is C52H91N21O11. The molecular weight excluding hydrogens is 1090 g/mol. The molecule has 0 spiro atoms. The lowest BCUT2D eigenvalue weighted by atomic mass is 9.98. The highest BCUT2D eigenvalue weighted by molar-refractivity contribution is 5.98. The number of carboxylic acid groups (broad SMARTS) is 1. The fraction of sp³-hybridized carbons (Fsp3) is 0.635. The number of carboxylic acids is 1. The highest BCUT2D eigenvalue weighted by Crippen LogP contribution is 2.13. The summed E-state index contributed by atoms with van der Waals surface area (Å²) in [6.07, 6.45) is 1.69. The Hall–Kier alpha value is -8.55. The second kappa shape index (κ2) is 38.3. The van der Waals surface area contributed by atoms with Crippen molar-refractivity contribution in [2.45, 2.75) is 159 Å². The molecule has 0 aromatic heterocycles. The van der Waals surface area contributed by atoms with Crippen LogP contribution >= 0.6 is 0 Å². The molecule has 0 aliphatic carbocycles. The number of nitrogens with one attached hydrogen (secondary N) is 9. The minimum Gasteiger partial charge on any atom is -0.480 e. The maximum Gasteiger partial charge on any atom is 0.326 e. The average molecular weight is 1190 g/mol. The summed E-state index contributed by atoms with van der Waals surface area (Å²) in [4.78, 5) is 140. The second-order valence-electron chi connectivity index (χ2n) is 20.9. The van der Waals surface area contributed by atoms with Gasteiger partial charge in [-0.15, -0.1) is 0 Å². The van der Waals surface area contributed by atoms with Crippen LogP contribution in [0.3, 0.4) is 0 Å². The zero-order chi connectivity index (χ0) is 62.9. The number of aliphatic hydroxyl groups excluding tert-OH is 1. The molecule has 84 heavy (non-hydrogen) atoms. The number of nitrogens with two attached hydrogens (primary N) is 8. The van der Waals surface area contributed by atoms with Crippen LogP contribution in [0.15, 0.2) is 50.3 Å². The summed E-state index contributed by atoms with van der Waals surface area (Å²) in [5.41, 5.74) is 44.3. The summed E-state index contributed by atoms with van der Waals surface area (Å²) in [6.45, 7) is 6.78. The minimum absolute atomic E-state index is 0.0217. The molecule has 1 aromatic carbocycles. The van der Waals surface area contributed by atoms with E-state index in [4.69, 9.17) is 45.9 Å². The number of rotatable bonds is 39. The zero-order valence-corrected chi connectivity index (χ0v) is 48.4. The number of benzene rings is 1. The smallest absolute Gasteiger partial charge is 0.326 e. The molecule has 0 radical (unpaired) electrons. The van der Waals surface area contributed by atoms with Gasteiger partial charge in [0, 0.05) is 32.6 Å². The van der Waals surface area contributed by atoms with Crippen molar-refractivity contribution in [3.8, 4) is 0 Å². The number of aliphatic imine (C=N–C) groups is 4. The molecule has 9 atom stereocenters. The Morgan fingerprint density at radius 3 is 1.31 bits per heavy atom. The monoisotopic (exact) mass is 1190 g/mol. The van der Waals surface area contributed by atoms with E-state index >= 15 is 0 Å². The van der Waals surface area contributed by atoms with Crippen LogP contribution in [-0.4, -0.2) is 181 Å². The van der Waals surface area contributed by atoms with Crippen molar-refractivity contribution in [1.82, 2.24) is 47.9 Å². The predicted octanol–water partition coefficient (Wildman–Crippen LogP) is -6.15. The molecule has 1 aliphatic heterocycles. The number of aliphatic carboxylic acids is 1. The van der Waals surface area contributed by atoms with Crippen LogP contribution in [-0.2, 0) is 49.6 Å². The molecule has 1 aromatic rings. The van der Waals surface area contributed by atoms with Gasteiger partial charge in [0.15, 0.2) is 23.8 Å². The van der Waals surface area contributed by atoms with Crippen molar-refractivity contribution in [2.75, 3.05) is 39.3 Å². The Kier molecular flexibility index (Phi) is 32.6. The number of carbonyl (C=O) groups excluding carboxylic acids is 8. The lowest BCUT2D eigenvalue weighted by Gasteiger charge is -2.29. The molecule has 1 heterocycles. The number of carbonyl (C=O) groups is 9. The Bertz CT molecular complexity index is 2420. The first-order valence-electron chi connectivity index (χ1n) is 28.0. The van der Waals surface area contributed by atoms with E-state index in [0.717, 1.165) is 6.42 Å². The SMILES string of the molecule is CC(C)C[C@H](NC(=O)[C@H](Cc1ccccc1)NC(=O)[C@H](CO)NC(=O)[C@H](CCCN=C(N)N)NC(=O)[C@@H]1CCCN1)C(=O)N[C@H](C(=O)N[C@@H](CCCN=C(N)N)C(=O)N[C@@H](CCCN=C(N)N)C(=O)N[C@@H](CCCN=C(N)N)C(=O)O)C(C)C. The average Bonchev–Trinajstić information content (AvgIpc) is 4.05. The molecule has 8 amide bonds. The summed E-state index contributed by atoms with van der Waals surface area (Å²) in [6, 6.07) is -3.06. The Labute approximate surface area is 489 Å². The van der Waals surface area contributed by atoms with E-state index in [1.54, 1.807) is 58.0 Å². The third-order valence-corrected chi connectivity index (χ3v) is 13.0. The first-order chi connectivity index (χ1) is 39.7. The minimum atomic E-state index is -1.62. The molecule has 1 saturated heterocycles. The van der Waals surface area contributed by atoms with Crippen molar-refractivity contribution in [2.24, 2.45) is 77.7 Å². The highest BCUT2D eigenvalue weighted by atomic mass is 16.4. The number of hydrogen-bond donors (Lipinski definition) is 19. The fourth-order valence-electron chi connectivity index (χ4n) is 8.63. The molecule has 2 rings (SSSR count). The summed E-state index contributed by atoms with van der Waals surface area (Å²) in [5, 5.41) is 44.4. The highest BCUT2D eigenvalue weighted by Gasteiger charge is 2.36. The molecule has 0 unspecified atom stereocenters. The summed E-state index contributed by atoms with van der Waals surface area (Å²) >= 11 is 0. The van der Waals surface area contributed by atoms with Gasteiger partial charge >= 0.3 is 5.97 Å². The number of aliphatic hydroxyl groups is 1. The lowest BCUT2D eigenvalue weighted by molar-refractivity contribution is -0.142. The van der Waals surface area contributed by atoms with Gasteiger partial charge in [-0.2, -0.15) is 0 Å². The quantitative estimate of drug-likeness (QED) is 0.0166. The first-order valence-corrected chi connectivity index (χ1v) is 28.0. The van der Waals surface area contributed by atoms with E-state index in [2.05, 4.69) is 67.8 Å². The molecule has 470 valence electrons. The molecule has 0 saturated carbocycles. The van der Waals surface area contributed by atoms with Crippen LogP contribution in [0.5, 0.6) is 0 Å². The Balaban J connectivity index is 2.45. The van der Waals surface area contributed by atoms with Gasteiger partial charge in [-0.25, -0.2) is 4.79 Å². The van der Waals surface area contributed by atoms with Gasteiger partial charge in [-0.05, 0) is 94.6 Å². The van der Waals surface area contributed by atoms with E-state index < -0.39 is 120 Å². The van der Waals surface area contributed by atoms with Crippen LogP contribution in [0, 0.1) is 11.8 Å². The first kappa shape index (κ1) is 71.6. The van der Waals surface area contributed by atoms with Gasteiger partial charge in [0.25, 0.3) is 0 Å². The fourth-order valence-corrected chi connectivity index (χ4v) is 8.63. The van der Waals surface area contributed by atoms with Gasteiger partial charge < -0.3 is 104 Å². The second-order valence-corrected chi connectivity index (χ2v) is 20.9. The van der Waals surface area contributed by atoms with Crippen molar-refractivity contribution >= 4 is 77.1 Å². The Morgan fingerprint density at radius 1 is 0.512 bits per heavy atom. The maximum absolute atomic E-state index is 14.5. The molecule has 1 fully saturated rings. The standard InChI is InChI=1S/C52H91N21O11/c1-28(2)25-36(70-44(79)37(26-30-13-6-5-7-14-30)71-46(81)38(27-74)72-43(78)33(17-10-22-63-50(55)56)66-40(75)31-15-8-20-61-31)45(80)73-39(29(3)4)47(82)68-34(18-11-23-64-51(57)58)41(76)67-32(16-9-21-62-49(53)54)42(77)69-35(48(83)84)19-12-24-65-52(59)60/h5-7,13-14,28-29,31-39,61,74H,8-12,15-27H2,1-4H3,(H,66,75)(H,67,76)(H,68,82)(H,69,77)(H,70,79)(H,71,81)(H,72,78)(H,73,80)(H,83,84)(H4,53,54,62)(H4,55,56,63)(H4,57,58,64)(H4,59,60,65)/t31-,32-,33-,34-,35-,36-,37-,38-,39-/m0/s1. The number of amides is 8. The normalized spacial score (nSPS) is 15.6. The van der Waals surface area contributed by atoms with Gasteiger partial charge in [0.1, 0.15) is 48.3 Å². The third-order valence-electron chi connectivity index (χ3n) is 13.0. The van der Waals surface area contributed by atoms with Crippen LogP contribution in [0.2, 0.25) is 0 Å². The molecule has 32 nitrogen and oxygen atoms in total. The largest absolute Gasteiger partial charge is 0.480 e. The van der Waals surface area contributed by atoms with Crippen LogP contribution < -0.4 is 93.7 Å². The van der Waals surface area contributed by atoms with Crippen LogP contribution in [0.4, 0.5) is 0 Å². The van der Waals surface area contributed by atoms with Gasteiger partial charge in [-0.1, -0.05) is 58.0 Å². The van der Waals surface area contributed by atoms with Crippen molar-refractivity contribution in [3.63, 3.8) is 0 Å². The zero-order valence-electron chi connectivity index (χ0n) is 48.4. The summed E-state index contributed by atoms with van der Waals surface area (Å²) in [7, 11) is 0. The number of hydrogen-bond acceptors (Lipinski definition) is 15. The summed E-state index contributed by atoms with van der Waals surface area (Å²) in [5.74, 6) is -9.54. The predicted molar refractivity (Wildman–Crippen MR) is 315 cm³/mol. The summed E-state index contributed by atoms with van der Waals surface area (Å²) < 4.78 is 0. The number of nitrogens with zero attached hydrogens (tertiary/aromatic N) is 4. The molecule has 32 heteroatoms. The van der Waals surface area contributed by atoms with Crippen molar-refractivity contribution in [1.29, 1.82) is 0 Å². The Morgan fingerprint density at radius 2 is 0.893 bits per heavy atom. The maximum atomic E-state index is 14.5. The van der Waals surface area contributed by atoms with E-state index in [9.17, 15) is 53.4 Å². The van der Waals surface area contributed by atoms with E-state index in [0.29, 0.717) is 18.5 Å². The molecule has 0 bridgehead atoms. The van der Waals surface area contributed by atoms with E-state index in [1.165, 1.54) is 0 Å². The van der Waals surface area contributed by atoms with Crippen molar-refractivity contribution < 1.29 is 53.4 Å². The molecule has 1 aliphatic rings. The lowest BCUT2D eigenvalue weighted by Crippen LogP contribution is -2.61. The molecule has 27 N–H and O–H groups in total. The van der Waals surface area contributed by atoms with E-state index in [-0.39, 0.29) is 120 Å². The van der Waals surface area contributed by atoms with Gasteiger partial charge in [-0.3, -0.25) is 58.3 Å². The van der Waals surface area contributed by atoms with E-state index in [1.807, 2.05) is 0 Å². The number of guanidine groups is 4. The third kappa shape index (κ3) is 28.4. The van der Waals surface area contributed by atoms with Gasteiger partial charge in [0.05, 0.1) is 12.6 Å². The van der Waals surface area contributed by atoms with Crippen molar-refractivity contribution in [3.05, 3.63) is 35.9 Å². The van der Waals surface area contributed by atoms with Gasteiger partial charge in [0.2, 0.25) is 47.3 Å². The van der Waals surface area contributed by atoms with Crippen LogP contribution in [0.1, 0.15) is 104 Å². The topological polar surface area (TPSA) is 560 Å². The van der Waals surface area contributed by atoms with Crippen LogP contribution in [0.25, 0.3) is 0 Å².